The summed E-state index contributed by atoms with van der Waals surface area (Å²) in [4.78, 5) is 22.0. The number of carbonyl (C=O) groups excluding carboxylic acids is 2. The number of carbonyl (C=O) groups is 2. The number of nitrogens with two attached hydrogens (primary N) is 1. The van der Waals surface area contributed by atoms with Gasteiger partial charge in [0.2, 0.25) is 5.91 Å². The molecule has 0 radical (unpaired) electrons. The molecule has 0 saturated heterocycles. The number of hydrogen-bond acceptors (Lipinski definition) is 2. The van der Waals surface area contributed by atoms with E-state index in [1.54, 1.807) is 0 Å². The van der Waals surface area contributed by atoms with Gasteiger partial charge in [-0.2, -0.15) is 0 Å². The highest BCUT2D eigenvalue weighted by molar-refractivity contribution is 5.97. The first-order valence-corrected chi connectivity index (χ1v) is 4.39. The molecule has 3 N–H and O–H groups in total. The second-order valence-corrected chi connectivity index (χ2v) is 2.89. The van der Waals surface area contributed by atoms with E-state index < -0.39 is 12.6 Å². The van der Waals surface area contributed by atoms with Crippen LogP contribution in [0, 0.1) is 0 Å². The molecule has 0 atom stereocenters. The summed E-state index contributed by atoms with van der Waals surface area (Å²) < 4.78 is 11.8. The Morgan fingerprint density at radius 3 is 2.20 bits per heavy atom. The maximum Gasteiger partial charge on any atom is 0.251 e. The molecule has 5 heteroatoms. The van der Waals surface area contributed by atoms with Crippen molar-refractivity contribution in [3.05, 3.63) is 35.4 Å². The zero-order valence-electron chi connectivity index (χ0n) is 8.00. The summed E-state index contributed by atoms with van der Waals surface area (Å²) in [7, 11) is 0. The van der Waals surface area contributed by atoms with Gasteiger partial charge in [-0.05, 0) is 24.3 Å². The fourth-order valence-electron chi connectivity index (χ4n) is 1.05. The molecular formula is C10H11FN2O2. The third kappa shape index (κ3) is 3.05. The Morgan fingerprint density at radius 1 is 1.20 bits per heavy atom. The van der Waals surface area contributed by atoms with E-state index in [0.29, 0.717) is 11.1 Å². The van der Waals surface area contributed by atoms with Crippen LogP contribution in [-0.4, -0.2) is 25.0 Å². The Balaban J connectivity index is 2.71. The molecule has 0 unspecified atom stereocenters. The number of hydrogen-bond donors (Lipinski definition) is 2. The molecule has 4 nitrogen and oxygen atoms in total. The molecule has 80 valence electrons. The van der Waals surface area contributed by atoms with Crippen LogP contribution in [0.3, 0.4) is 0 Å². The molecule has 0 aliphatic carbocycles. The van der Waals surface area contributed by atoms with E-state index in [1.165, 1.54) is 24.3 Å². The van der Waals surface area contributed by atoms with E-state index in [2.05, 4.69) is 5.32 Å². The van der Waals surface area contributed by atoms with Crippen LogP contribution in [0.15, 0.2) is 24.3 Å². The Hall–Kier alpha value is -1.91. The molecule has 0 aromatic heterocycles. The second-order valence-electron chi connectivity index (χ2n) is 2.89. The van der Waals surface area contributed by atoms with Crippen molar-refractivity contribution < 1.29 is 14.0 Å². The zero-order valence-corrected chi connectivity index (χ0v) is 8.00. The van der Waals surface area contributed by atoms with Crippen LogP contribution in [0.5, 0.6) is 0 Å². The number of alkyl halides is 1. The Morgan fingerprint density at radius 2 is 1.73 bits per heavy atom. The minimum Gasteiger partial charge on any atom is -0.366 e. The predicted octanol–water partition coefficient (Wildman–Crippen LogP) is 0.485. The molecule has 0 heterocycles. The van der Waals surface area contributed by atoms with Crippen molar-refractivity contribution in [1.82, 2.24) is 5.32 Å². The summed E-state index contributed by atoms with van der Waals surface area (Å²) in [5.74, 6) is -0.922. The van der Waals surface area contributed by atoms with Gasteiger partial charge in [-0.1, -0.05) is 0 Å². The lowest BCUT2D eigenvalue weighted by atomic mass is 10.1. The third-order valence-electron chi connectivity index (χ3n) is 1.81. The number of benzene rings is 1. The number of amides is 2. The minimum absolute atomic E-state index is 0.0175. The number of halogens is 1. The lowest BCUT2D eigenvalue weighted by molar-refractivity contribution is 0.0948. The van der Waals surface area contributed by atoms with Crippen LogP contribution in [0.2, 0.25) is 0 Å². The van der Waals surface area contributed by atoms with Gasteiger partial charge >= 0.3 is 0 Å². The average Bonchev–Trinajstić information content (AvgIpc) is 2.26. The van der Waals surface area contributed by atoms with Gasteiger partial charge < -0.3 is 11.1 Å². The third-order valence-corrected chi connectivity index (χ3v) is 1.81. The molecule has 0 aliphatic rings. The van der Waals surface area contributed by atoms with Gasteiger partial charge in [-0.25, -0.2) is 4.39 Å². The fraction of sp³-hybridized carbons (Fsp3) is 0.200. The fourth-order valence-corrected chi connectivity index (χ4v) is 1.05. The van der Waals surface area contributed by atoms with Gasteiger partial charge in [0.25, 0.3) is 5.91 Å². The summed E-state index contributed by atoms with van der Waals surface area (Å²) >= 11 is 0. The Bertz CT molecular complexity index is 362. The Kier molecular flexibility index (Phi) is 3.79. The normalized spacial score (nSPS) is 9.67. The van der Waals surface area contributed by atoms with Crippen molar-refractivity contribution in [2.75, 3.05) is 13.2 Å². The van der Waals surface area contributed by atoms with Crippen LogP contribution in [0.4, 0.5) is 4.39 Å². The first-order valence-electron chi connectivity index (χ1n) is 4.39. The maximum absolute atomic E-state index is 11.8. The van der Waals surface area contributed by atoms with E-state index in [4.69, 9.17) is 5.73 Å². The van der Waals surface area contributed by atoms with Gasteiger partial charge in [0.05, 0.1) is 0 Å². The highest BCUT2D eigenvalue weighted by Gasteiger charge is 2.05. The SMILES string of the molecule is NC(=O)c1ccc(C(=O)NCCF)cc1. The highest BCUT2D eigenvalue weighted by atomic mass is 19.1. The largest absolute Gasteiger partial charge is 0.366 e. The summed E-state index contributed by atoms with van der Waals surface area (Å²) in [5.41, 5.74) is 5.73. The number of rotatable bonds is 4. The molecule has 1 aromatic carbocycles. The van der Waals surface area contributed by atoms with E-state index in [0.717, 1.165) is 0 Å². The molecule has 1 aromatic rings. The number of primary amides is 1. The van der Waals surface area contributed by atoms with Crippen LogP contribution in [-0.2, 0) is 0 Å². The molecule has 0 fully saturated rings. The van der Waals surface area contributed by atoms with E-state index in [-0.39, 0.29) is 12.5 Å². The lowest BCUT2D eigenvalue weighted by Crippen LogP contribution is -2.25. The summed E-state index contributed by atoms with van der Waals surface area (Å²) in [6.45, 7) is -0.623. The van der Waals surface area contributed by atoms with Gasteiger partial charge in [0, 0.05) is 17.7 Å². The van der Waals surface area contributed by atoms with Gasteiger partial charge in [0.15, 0.2) is 0 Å². The predicted molar refractivity (Wildman–Crippen MR) is 53.3 cm³/mol. The molecule has 0 saturated carbocycles. The van der Waals surface area contributed by atoms with E-state index >= 15 is 0 Å². The van der Waals surface area contributed by atoms with Crippen LogP contribution in [0.1, 0.15) is 20.7 Å². The topological polar surface area (TPSA) is 72.2 Å². The molecule has 0 aliphatic heterocycles. The van der Waals surface area contributed by atoms with Gasteiger partial charge in [0.1, 0.15) is 6.67 Å². The number of nitrogens with one attached hydrogen (secondary N) is 1. The summed E-state index contributed by atoms with van der Waals surface area (Å²) in [6, 6.07) is 5.83. The van der Waals surface area contributed by atoms with Crippen molar-refractivity contribution >= 4 is 11.8 Å². The smallest absolute Gasteiger partial charge is 0.251 e. The standard InChI is InChI=1S/C10H11FN2O2/c11-5-6-13-10(15)8-3-1-7(2-4-8)9(12)14/h1-4H,5-6H2,(H2,12,14)(H,13,15). The first-order chi connectivity index (χ1) is 7.15. The molecule has 1 rings (SSSR count). The minimum atomic E-state index is -0.606. The van der Waals surface area contributed by atoms with E-state index in [9.17, 15) is 14.0 Å². The molecular weight excluding hydrogens is 199 g/mol. The summed E-state index contributed by atoms with van der Waals surface area (Å²) in [6.07, 6.45) is 0. The highest BCUT2D eigenvalue weighted by Crippen LogP contribution is 2.03. The molecule has 0 bridgehead atoms. The summed E-state index contributed by atoms with van der Waals surface area (Å²) in [5, 5.41) is 2.37. The van der Waals surface area contributed by atoms with Crippen molar-refractivity contribution in [3.63, 3.8) is 0 Å². The average molecular weight is 210 g/mol. The van der Waals surface area contributed by atoms with Crippen molar-refractivity contribution in [2.24, 2.45) is 5.73 Å². The molecule has 2 amide bonds. The first kappa shape index (κ1) is 11.2. The molecule has 15 heavy (non-hydrogen) atoms. The molecule has 0 spiro atoms. The maximum atomic E-state index is 11.8. The van der Waals surface area contributed by atoms with Crippen molar-refractivity contribution in [3.8, 4) is 0 Å². The van der Waals surface area contributed by atoms with Gasteiger partial charge in [-0.15, -0.1) is 0 Å². The zero-order chi connectivity index (χ0) is 11.3. The van der Waals surface area contributed by atoms with Crippen LogP contribution >= 0.6 is 0 Å². The second kappa shape index (κ2) is 5.09. The van der Waals surface area contributed by atoms with E-state index in [1.807, 2.05) is 0 Å². The van der Waals surface area contributed by atoms with Crippen molar-refractivity contribution in [2.45, 2.75) is 0 Å². The van der Waals surface area contributed by atoms with Crippen LogP contribution in [0.25, 0.3) is 0 Å². The quantitative estimate of drug-likeness (QED) is 0.758. The van der Waals surface area contributed by atoms with Crippen LogP contribution < -0.4 is 11.1 Å². The monoisotopic (exact) mass is 210 g/mol. The Labute approximate surface area is 86.3 Å². The van der Waals surface area contributed by atoms with Gasteiger partial charge in [-0.3, -0.25) is 9.59 Å². The van der Waals surface area contributed by atoms with Crippen molar-refractivity contribution in [1.29, 1.82) is 0 Å². The lowest BCUT2D eigenvalue weighted by Gasteiger charge is -2.02.